The van der Waals surface area contributed by atoms with Crippen LogP contribution in [0.5, 0.6) is 5.75 Å². The van der Waals surface area contributed by atoms with Gasteiger partial charge in [0.2, 0.25) is 0 Å². The second-order valence-corrected chi connectivity index (χ2v) is 8.04. The zero-order chi connectivity index (χ0) is 19.7. The first kappa shape index (κ1) is 18.8. The third kappa shape index (κ3) is 3.45. The lowest BCUT2D eigenvalue weighted by Gasteiger charge is -2.03. The van der Waals surface area contributed by atoms with Gasteiger partial charge in [-0.3, -0.25) is 4.79 Å². The average Bonchev–Trinajstić information content (AvgIpc) is 3.27. The Kier molecular flexibility index (Phi) is 5.23. The van der Waals surface area contributed by atoms with E-state index >= 15 is 0 Å². The van der Waals surface area contributed by atoms with Crippen molar-refractivity contribution in [2.45, 2.75) is 6.54 Å². The van der Waals surface area contributed by atoms with E-state index in [2.05, 4.69) is 4.99 Å². The SMILES string of the molecule is COc1cccc2cc(C(=O)N=c3sc4cc(F)ccc4n3CCSC)oc12. The molecule has 1 amide bonds. The first-order chi connectivity index (χ1) is 13.6. The van der Waals surface area contributed by atoms with Gasteiger partial charge in [0.05, 0.1) is 17.3 Å². The Bertz CT molecular complexity index is 1240. The molecule has 0 radical (unpaired) electrons. The highest BCUT2D eigenvalue weighted by molar-refractivity contribution is 7.98. The van der Waals surface area contributed by atoms with Crippen molar-refractivity contribution in [2.24, 2.45) is 4.99 Å². The molecule has 2 aromatic carbocycles. The fraction of sp³-hybridized carbons (Fsp3) is 0.200. The lowest BCUT2D eigenvalue weighted by Crippen LogP contribution is -2.18. The molecule has 0 bridgehead atoms. The molecular formula is C20H17FN2O3S2. The van der Waals surface area contributed by atoms with Gasteiger partial charge >= 0.3 is 5.91 Å². The topological polar surface area (TPSA) is 56.7 Å². The first-order valence-corrected chi connectivity index (χ1v) is 10.7. The third-order valence-electron chi connectivity index (χ3n) is 4.30. The Hall–Kier alpha value is -2.58. The van der Waals surface area contributed by atoms with Crippen molar-refractivity contribution in [1.29, 1.82) is 0 Å². The van der Waals surface area contributed by atoms with Gasteiger partial charge in [0, 0.05) is 17.7 Å². The van der Waals surface area contributed by atoms with Gasteiger partial charge in [-0.15, -0.1) is 0 Å². The fourth-order valence-corrected chi connectivity index (χ4v) is 4.42. The van der Waals surface area contributed by atoms with Gasteiger partial charge in [-0.25, -0.2) is 4.39 Å². The van der Waals surface area contributed by atoms with Crippen LogP contribution in [0.2, 0.25) is 0 Å². The highest BCUT2D eigenvalue weighted by Gasteiger charge is 2.15. The molecule has 2 heterocycles. The number of nitrogens with zero attached hydrogens (tertiary/aromatic N) is 2. The van der Waals surface area contributed by atoms with E-state index in [0.29, 0.717) is 22.7 Å². The van der Waals surface area contributed by atoms with Crippen LogP contribution in [0.3, 0.4) is 0 Å². The molecule has 0 unspecified atom stereocenters. The summed E-state index contributed by atoms with van der Waals surface area (Å²) >= 11 is 2.98. The Morgan fingerprint density at radius 1 is 1.32 bits per heavy atom. The number of methoxy groups -OCH3 is 1. The Balaban J connectivity index is 1.81. The van der Waals surface area contributed by atoms with Crippen LogP contribution in [-0.2, 0) is 6.54 Å². The van der Waals surface area contributed by atoms with Gasteiger partial charge < -0.3 is 13.7 Å². The molecule has 8 heteroatoms. The summed E-state index contributed by atoms with van der Waals surface area (Å²) in [5, 5.41) is 0.770. The summed E-state index contributed by atoms with van der Waals surface area (Å²) < 4.78 is 27.3. The number of amides is 1. The van der Waals surface area contributed by atoms with Gasteiger partial charge in [0.15, 0.2) is 21.9 Å². The summed E-state index contributed by atoms with van der Waals surface area (Å²) in [5.41, 5.74) is 1.37. The Labute approximate surface area is 168 Å². The molecule has 0 aliphatic rings. The van der Waals surface area contributed by atoms with Crippen molar-refractivity contribution in [3.8, 4) is 5.75 Å². The van der Waals surface area contributed by atoms with E-state index < -0.39 is 5.91 Å². The highest BCUT2D eigenvalue weighted by atomic mass is 32.2. The molecule has 5 nitrogen and oxygen atoms in total. The average molecular weight is 416 g/mol. The Morgan fingerprint density at radius 2 is 2.18 bits per heavy atom. The summed E-state index contributed by atoms with van der Waals surface area (Å²) in [4.78, 5) is 17.6. The van der Waals surface area contributed by atoms with E-state index in [4.69, 9.17) is 9.15 Å². The van der Waals surface area contributed by atoms with Crippen molar-refractivity contribution in [2.75, 3.05) is 19.1 Å². The number of ether oxygens (including phenoxy) is 1. The number of carbonyl (C=O) groups excluding carboxylic acids is 1. The van der Waals surface area contributed by atoms with Crippen molar-refractivity contribution in [3.63, 3.8) is 0 Å². The number of hydrogen-bond acceptors (Lipinski definition) is 5. The minimum Gasteiger partial charge on any atom is -0.493 e. The molecule has 144 valence electrons. The van der Waals surface area contributed by atoms with Gasteiger partial charge in [0.1, 0.15) is 5.82 Å². The van der Waals surface area contributed by atoms with E-state index in [1.165, 1.54) is 23.5 Å². The smallest absolute Gasteiger partial charge is 0.315 e. The normalized spacial score (nSPS) is 12.2. The second kappa shape index (κ2) is 7.81. The van der Waals surface area contributed by atoms with Gasteiger partial charge in [0.25, 0.3) is 0 Å². The number of rotatable bonds is 5. The maximum absolute atomic E-state index is 13.6. The molecule has 0 saturated heterocycles. The molecule has 28 heavy (non-hydrogen) atoms. The minimum atomic E-state index is -0.483. The maximum atomic E-state index is 13.6. The van der Waals surface area contributed by atoms with Gasteiger partial charge in [-0.1, -0.05) is 23.5 Å². The number of aromatic nitrogens is 1. The number of thioether (sulfide) groups is 1. The van der Waals surface area contributed by atoms with E-state index in [9.17, 15) is 9.18 Å². The largest absolute Gasteiger partial charge is 0.493 e. The molecule has 0 aliphatic carbocycles. The van der Waals surface area contributed by atoms with E-state index in [-0.39, 0.29) is 11.6 Å². The zero-order valence-corrected chi connectivity index (χ0v) is 16.9. The molecule has 4 rings (SSSR count). The number of hydrogen-bond donors (Lipinski definition) is 0. The highest BCUT2D eigenvalue weighted by Crippen LogP contribution is 2.28. The van der Waals surface area contributed by atoms with Crippen LogP contribution < -0.4 is 9.54 Å². The lowest BCUT2D eigenvalue weighted by molar-refractivity contribution is 0.0973. The lowest BCUT2D eigenvalue weighted by atomic mass is 10.2. The maximum Gasteiger partial charge on any atom is 0.315 e. The van der Waals surface area contributed by atoms with Crippen LogP contribution in [0.25, 0.3) is 21.2 Å². The zero-order valence-electron chi connectivity index (χ0n) is 15.3. The second-order valence-electron chi connectivity index (χ2n) is 6.05. The van der Waals surface area contributed by atoms with E-state index in [1.807, 2.05) is 23.0 Å². The quantitative estimate of drug-likeness (QED) is 0.473. The van der Waals surface area contributed by atoms with Crippen molar-refractivity contribution >= 4 is 50.2 Å². The van der Waals surface area contributed by atoms with E-state index in [0.717, 1.165) is 21.4 Å². The molecular weight excluding hydrogens is 399 g/mol. The van der Waals surface area contributed by atoms with Crippen molar-refractivity contribution < 1.29 is 18.3 Å². The number of carbonyl (C=O) groups is 1. The molecule has 4 aromatic rings. The van der Waals surface area contributed by atoms with Crippen LogP contribution in [0.4, 0.5) is 4.39 Å². The molecule has 2 aromatic heterocycles. The number of aryl methyl sites for hydroxylation is 1. The van der Waals surface area contributed by atoms with Crippen LogP contribution >= 0.6 is 23.1 Å². The predicted molar refractivity (Wildman–Crippen MR) is 111 cm³/mol. The molecule has 0 fully saturated rings. The number of fused-ring (bicyclic) bond motifs is 2. The molecule has 0 N–H and O–H groups in total. The Morgan fingerprint density at radius 3 is 2.96 bits per heavy atom. The summed E-state index contributed by atoms with van der Waals surface area (Å²) in [6.45, 7) is 0.673. The minimum absolute atomic E-state index is 0.138. The predicted octanol–water partition coefficient (Wildman–Crippen LogP) is 4.70. The molecule has 0 atom stereocenters. The van der Waals surface area contributed by atoms with Crippen LogP contribution in [0.1, 0.15) is 10.6 Å². The van der Waals surface area contributed by atoms with E-state index in [1.54, 1.807) is 37.1 Å². The van der Waals surface area contributed by atoms with Crippen LogP contribution in [0.15, 0.2) is 51.9 Å². The number of benzene rings is 2. The summed E-state index contributed by atoms with van der Waals surface area (Å²) in [6, 6.07) is 11.7. The summed E-state index contributed by atoms with van der Waals surface area (Å²) in [6.07, 6.45) is 2.01. The van der Waals surface area contributed by atoms with Gasteiger partial charge in [-0.05, 0) is 36.6 Å². The van der Waals surface area contributed by atoms with Crippen molar-refractivity contribution in [1.82, 2.24) is 4.57 Å². The van der Waals surface area contributed by atoms with Gasteiger partial charge in [-0.2, -0.15) is 16.8 Å². The molecule has 0 spiro atoms. The fourth-order valence-electron chi connectivity index (χ4n) is 2.98. The summed E-state index contributed by atoms with van der Waals surface area (Å²) in [5.74, 6) is 0.756. The summed E-state index contributed by atoms with van der Waals surface area (Å²) in [7, 11) is 1.55. The standard InChI is InChI=1S/C20H17FN2O3S2/c1-25-15-5-3-4-12-10-16(26-18(12)15)19(24)22-20-23(8-9-27-2)14-7-6-13(21)11-17(14)28-20/h3-7,10-11H,8-9H2,1-2H3. The number of thiazole rings is 1. The number of halogens is 1. The number of furan rings is 1. The van der Waals surface area contributed by atoms with Crippen LogP contribution in [0, 0.1) is 5.82 Å². The molecule has 0 saturated carbocycles. The first-order valence-electron chi connectivity index (χ1n) is 8.54. The monoisotopic (exact) mass is 416 g/mol. The third-order valence-corrected chi connectivity index (χ3v) is 5.93. The van der Waals surface area contributed by atoms with Crippen LogP contribution in [-0.4, -0.2) is 29.6 Å². The number of para-hydroxylation sites is 1. The molecule has 0 aliphatic heterocycles. The van der Waals surface area contributed by atoms with Crippen molar-refractivity contribution in [3.05, 3.63) is 58.8 Å².